The van der Waals surface area contributed by atoms with E-state index in [4.69, 9.17) is 11.6 Å². The summed E-state index contributed by atoms with van der Waals surface area (Å²) in [6.45, 7) is 5.60. The molecular weight excluding hydrogens is 342 g/mol. The first kappa shape index (κ1) is 15.3. The number of hydrogen-bond acceptors (Lipinski definition) is 1. The van der Waals surface area contributed by atoms with Crippen molar-refractivity contribution in [1.29, 1.82) is 0 Å². The average molecular weight is 362 g/mol. The van der Waals surface area contributed by atoms with Crippen molar-refractivity contribution in [1.82, 2.24) is 0 Å². The molecule has 1 unspecified atom stereocenters. The second-order valence-electron chi connectivity index (χ2n) is 4.87. The fourth-order valence-electron chi connectivity index (χ4n) is 2.32. The van der Waals surface area contributed by atoms with Crippen LogP contribution in [0.25, 0.3) is 10.1 Å². The number of thiophene rings is 1. The molecular formula is C15H20BrClNS+. The molecule has 104 valence electrons. The summed E-state index contributed by atoms with van der Waals surface area (Å²) in [5.74, 6) is 0.741. The van der Waals surface area contributed by atoms with E-state index < -0.39 is 0 Å². The zero-order chi connectivity index (χ0) is 13.7. The number of rotatable bonds is 7. The van der Waals surface area contributed by atoms with Crippen LogP contribution in [0.4, 0.5) is 0 Å². The normalized spacial score (nSPS) is 13.0. The first-order chi connectivity index (χ1) is 9.24. The Bertz CT molecular complexity index is 526. The number of fused-ring (bicyclic) bond motifs is 1. The van der Waals surface area contributed by atoms with Crippen LogP contribution in [0.15, 0.2) is 28.1 Å². The van der Waals surface area contributed by atoms with Crippen LogP contribution in [0.2, 0.25) is 0 Å². The van der Waals surface area contributed by atoms with Gasteiger partial charge < -0.3 is 4.90 Å². The van der Waals surface area contributed by atoms with Gasteiger partial charge in [-0.2, -0.15) is 0 Å². The molecule has 0 saturated heterocycles. The fourth-order valence-corrected chi connectivity index (χ4v) is 3.89. The van der Waals surface area contributed by atoms with Crippen molar-refractivity contribution in [3.05, 3.63) is 33.6 Å². The molecule has 0 aliphatic carbocycles. The number of alkyl halides is 1. The minimum atomic E-state index is 0.741. The molecule has 2 rings (SSSR count). The predicted octanol–water partition coefficient (Wildman–Crippen LogP) is 4.09. The van der Waals surface area contributed by atoms with Gasteiger partial charge >= 0.3 is 0 Å². The molecule has 0 fully saturated rings. The summed E-state index contributed by atoms with van der Waals surface area (Å²) in [7, 11) is 0. The number of unbranched alkanes of at least 4 members (excludes halogenated alkanes) is 1. The second-order valence-corrected chi connectivity index (χ2v) is 7.08. The van der Waals surface area contributed by atoms with E-state index in [2.05, 4.69) is 46.4 Å². The maximum Gasteiger partial charge on any atom is 0.104 e. The highest BCUT2D eigenvalue weighted by atomic mass is 79.9. The van der Waals surface area contributed by atoms with Gasteiger partial charge in [-0.25, -0.2) is 0 Å². The summed E-state index contributed by atoms with van der Waals surface area (Å²) >= 11 is 11.3. The van der Waals surface area contributed by atoms with E-state index in [-0.39, 0.29) is 0 Å². The average Bonchev–Trinajstić information content (AvgIpc) is 2.79. The van der Waals surface area contributed by atoms with Gasteiger partial charge in [-0.3, -0.25) is 0 Å². The molecule has 0 aliphatic heterocycles. The third-order valence-electron chi connectivity index (χ3n) is 3.39. The number of nitrogens with one attached hydrogen (secondary N) is 1. The maximum atomic E-state index is 5.93. The molecule has 1 aromatic carbocycles. The molecule has 19 heavy (non-hydrogen) atoms. The van der Waals surface area contributed by atoms with Gasteiger partial charge in [0, 0.05) is 25.5 Å². The van der Waals surface area contributed by atoms with Crippen LogP contribution in [0.1, 0.15) is 25.3 Å². The molecule has 0 aliphatic rings. The molecule has 4 heteroatoms. The highest BCUT2D eigenvalue weighted by Crippen LogP contribution is 2.28. The molecule has 0 radical (unpaired) electrons. The van der Waals surface area contributed by atoms with Crippen LogP contribution >= 0.6 is 38.9 Å². The van der Waals surface area contributed by atoms with E-state index in [9.17, 15) is 0 Å². The van der Waals surface area contributed by atoms with Gasteiger partial charge in [0.2, 0.25) is 0 Å². The Morgan fingerprint density at radius 1 is 1.32 bits per heavy atom. The van der Waals surface area contributed by atoms with Crippen LogP contribution in [0.3, 0.4) is 0 Å². The molecule has 0 bridgehead atoms. The third kappa shape index (κ3) is 4.19. The summed E-state index contributed by atoms with van der Waals surface area (Å²) in [4.78, 5) is 1.59. The molecule has 2 aromatic rings. The molecule has 0 spiro atoms. The van der Waals surface area contributed by atoms with Gasteiger partial charge in [-0.15, -0.1) is 22.9 Å². The van der Waals surface area contributed by atoms with E-state index in [1.807, 2.05) is 11.3 Å². The first-order valence-corrected chi connectivity index (χ1v) is 9.00. The number of hydrogen-bond donors (Lipinski definition) is 1. The molecule has 0 amide bonds. The summed E-state index contributed by atoms with van der Waals surface area (Å²) in [6.07, 6.45) is 2.53. The Morgan fingerprint density at radius 2 is 2.16 bits per heavy atom. The lowest BCUT2D eigenvalue weighted by molar-refractivity contribution is -0.911. The summed E-state index contributed by atoms with van der Waals surface area (Å²) in [5, 5.41) is 3.69. The van der Waals surface area contributed by atoms with Gasteiger partial charge in [0.25, 0.3) is 0 Å². The Hall–Kier alpha value is -0.0900. The fraction of sp³-hybridized carbons (Fsp3) is 0.467. The van der Waals surface area contributed by atoms with Gasteiger partial charge in [0.1, 0.15) is 6.54 Å². The van der Waals surface area contributed by atoms with Crippen LogP contribution in [0.5, 0.6) is 0 Å². The Kier molecular flexibility index (Phi) is 6.14. The summed E-state index contributed by atoms with van der Waals surface area (Å²) in [6, 6.07) is 6.54. The van der Waals surface area contributed by atoms with Crippen molar-refractivity contribution in [2.24, 2.45) is 0 Å². The molecule has 1 N–H and O–H groups in total. The van der Waals surface area contributed by atoms with Crippen molar-refractivity contribution in [2.75, 3.05) is 19.0 Å². The Morgan fingerprint density at radius 3 is 2.89 bits per heavy atom. The summed E-state index contributed by atoms with van der Waals surface area (Å²) < 4.78 is 2.53. The van der Waals surface area contributed by atoms with Crippen LogP contribution in [-0.4, -0.2) is 19.0 Å². The van der Waals surface area contributed by atoms with E-state index in [0.29, 0.717) is 0 Å². The zero-order valence-corrected chi connectivity index (χ0v) is 14.4. The predicted molar refractivity (Wildman–Crippen MR) is 89.6 cm³/mol. The Balaban J connectivity index is 2.15. The summed E-state index contributed by atoms with van der Waals surface area (Å²) in [5.41, 5.74) is 1.46. The van der Waals surface area contributed by atoms with Gasteiger partial charge in [0.05, 0.1) is 19.0 Å². The van der Waals surface area contributed by atoms with Crippen molar-refractivity contribution in [2.45, 2.75) is 26.3 Å². The van der Waals surface area contributed by atoms with Crippen molar-refractivity contribution >= 4 is 49.0 Å². The van der Waals surface area contributed by atoms with E-state index in [0.717, 1.165) is 23.4 Å². The van der Waals surface area contributed by atoms with E-state index in [1.54, 1.807) is 4.90 Å². The first-order valence-electron chi connectivity index (χ1n) is 6.79. The minimum absolute atomic E-state index is 0.741. The monoisotopic (exact) mass is 360 g/mol. The lowest BCUT2D eigenvalue weighted by Crippen LogP contribution is -3.11. The van der Waals surface area contributed by atoms with Gasteiger partial charge in [-0.05, 0) is 24.6 Å². The standard InChI is InChI=1S/C15H19BrClNS/c1-2-3-7-18(8-6-17)10-12-11-19-15-5-4-13(16)9-14(12)15/h4-5,9,11H,2-3,6-8,10H2,1H3/p+1. The van der Waals surface area contributed by atoms with E-state index >= 15 is 0 Å². The van der Waals surface area contributed by atoms with Crippen molar-refractivity contribution in [3.63, 3.8) is 0 Å². The molecule has 0 saturated carbocycles. The maximum absolute atomic E-state index is 5.93. The number of halogens is 2. The van der Waals surface area contributed by atoms with E-state index in [1.165, 1.54) is 35.0 Å². The highest BCUT2D eigenvalue weighted by molar-refractivity contribution is 9.10. The van der Waals surface area contributed by atoms with Crippen LogP contribution in [-0.2, 0) is 6.54 Å². The van der Waals surface area contributed by atoms with Crippen molar-refractivity contribution in [3.8, 4) is 0 Å². The van der Waals surface area contributed by atoms with Gasteiger partial charge in [0.15, 0.2) is 0 Å². The lowest BCUT2D eigenvalue weighted by atomic mass is 10.1. The molecule has 1 aromatic heterocycles. The highest BCUT2D eigenvalue weighted by Gasteiger charge is 2.12. The molecule has 1 heterocycles. The number of benzene rings is 1. The third-order valence-corrected chi connectivity index (χ3v) is 5.08. The molecule has 1 atom stereocenters. The topological polar surface area (TPSA) is 4.44 Å². The van der Waals surface area contributed by atoms with Crippen LogP contribution < -0.4 is 4.90 Å². The second kappa shape index (κ2) is 7.63. The zero-order valence-electron chi connectivity index (χ0n) is 11.2. The van der Waals surface area contributed by atoms with Crippen molar-refractivity contribution < 1.29 is 4.90 Å². The number of quaternary nitrogens is 1. The quantitative estimate of drug-likeness (QED) is 0.709. The lowest BCUT2D eigenvalue weighted by Gasteiger charge is -2.17. The van der Waals surface area contributed by atoms with Crippen LogP contribution in [0, 0.1) is 0 Å². The minimum Gasteiger partial charge on any atom is -0.330 e. The Labute approximate surface area is 132 Å². The largest absolute Gasteiger partial charge is 0.330 e. The molecule has 1 nitrogen and oxygen atoms in total. The van der Waals surface area contributed by atoms with Gasteiger partial charge in [-0.1, -0.05) is 29.3 Å². The SMILES string of the molecule is CCCC[NH+](CCCl)Cc1csc2ccc(Br)cc12. The smallest absolute Gasteiger partial charge is 0.104 e.